The van der Waals surface area contributed by atoms with Gasteiger partial charge >= 0.3 is 0 Å². The van der Waals surface area contributed by atoms with E-state index in [2.05, 4.69) is 21.2 Å². The lowest BCUT2D eigenvalue weighted by Crippen LogP contribution is -2.10. The predicted octanol–water partition coefficient (Wildman–Crippen LogP) is 3.97. The molecule has 1 aromatic heterocycles. The summed E-state index contributed by atoms with van der Waals surface area (Å²) in [5.74, 6) is -0.152. The Morgan fingerprint density at radius 2 is 1.83 bits per heavy atom. The minimum absolute atomic E-state index is 0.00822. The van der Waals surface area contributed by atoms with Crippen LogP contribution in [0.25, 0.3) is 0 Å². The molecule has 1 amide bonds. The summed E-state index contributed by atoms with van der Waals surface area (Å²) in [5.41, 5.74) is 1.30. The van der Waals surface area contributed by atoms with Gasteiger partial charge < -0.3 is 5.32 Å². The number of benzene rings is 1. The summed E-state index contributed by atoms with van der Waals surface area (Å²) in [7, 11) is 0. The maximum atomic E-state index is 11.9. The van der Waals surface area contributed by atoms with E-state index < -0.39 is 0 Å². The summed E-state index contributed by atoms with van der Waals surface area (Å²) in [6, 6.07) is 8.66. The van der Waals surface area contributed by atoms with Crippen LogP contribution in [0.1, 0.15) is 27.0 Å². The third kappa shape index (κ3) is 2.86. The van der Waals surface area contributed by atoms with E-state index in [0.717, 1.165) is 4.47 Å². The van der Waals surface area contributed by atoms with Crippen LogP contribution in [0.4, 0.5) is 5.69 Å². The maximum absolute atomic E-state index is 11.9. The fourth-order valence-electron chi connectivity index (χ4n) is 1.43. The lowest BCUT2D eigenvalue weighted by atomic mass is 10.1. The van der Waals surface area contributed by atoms with Gasteiger partial charge in [-0.2, -0.15) is 0 Å². The number of hydrogen-bond acceptors (Lipinski definition) is 3. The molecule has 0 spiro atoms. The van der Waals surface area contributed by atoms with Crippen molar-refractivity contribution in [1.29, 1.82) is 0 Å². The molecule has 5 heteroatoms. The molecule has 1 N–H and O–H groups in total. The van der Waals surface area contributed by atoms with Crippen molar-refractivity contribution >= 4 is 44.6 Å². The molecule has 0 saturated carbocycles. The van der Waals surface area contributed by atoms with Gasteiger partial charge in [-0.1, -0.05) is 0 Å². The van der Waals surface area contributed by atoms with Gasteiger partial charge in [0.1, 0.15) is 4.88 Å². The number of hydrogen-bond donors (Lipinski definition) is 1. The topological polar surface area (TPSA) is 46.2 Å². The largest absolute Gasteiger partial charge is 0.321 e. The molecule has 0 aliphatic carbocycles. The minimum atomic E-state index is -0.160. The molecule has 0 unspecified atom stereocenters. The molecule has 0 saturated heterocycles. The van der Waals surface area contributed by atoms with Crippen molar-refractivity contribution in [2.24, 2.45) is 0 Å². The summed E-state index contributed by atoms with van der Waals surface area (Å²) in [5, 5.41) is 4.63. The average Bonchev–Trinajstić information content (AvgIpc) is 2.76. The standard InChI is InChI=1S/C13H10BrNO2S/c1-8(16)9-2-4-10(5-3-9)15-13(17)12-11(14)6-7-18-12/h2-7H,1H3,(H,15,17). The minimum Gasteiger partial charge on any atom is -0.321 e. The Balaban J connectivity index is 2.13. The van der Waals surface area contributed by atoms with Crippen molar-refractivity contribution in [1.82, 2.24) is 0 Å². The number of ketones is 1. The quantitative estimate of drug-likeness (QED) is 0.869. The third-order valence-corrected chi connectivity index (χ3v) is 4.21. The highest BCUT2D eigenvalue weighted by Crippen LogP contribution is 2.23. The smallest absolute Gasteiger partial charge is 0.266 e. The Morgan fingerprint density at radius 3 is 2.33 bits per heavy atom. The average molecular weight is 324 g/mol. The van der Waals surface area contributed by atoms with Crippen LogP contribution in [0.15, 0.2) is 40.2 Å². The Labute approximate surface area is 117 Å². The summed E-state index contributed by atoms with van der Waals surface area (Å²) in [4.78, 5) is 23.7. The second-order valence-electron chi connectivity index (χ2n) is 3.69. The zero-order chi connectivity index (χ0) is 13.1. The van der Waals surface area contributed by atoms with Crippen LogP contribution in [0.3, 0.4) is 0 Å². The van der Waals surface area contributed by atoms with E-state index in [9.17, 15) is 9.59 Å². The molecular weight excluding hydrogens is 314 g/mol. The second-order valence-corrected chi connectivity index (χ2v) is 5.46. The van der Waals surface area contributed by atoms with Crippen LogP contribution in [-0.4, -0.2) is 11.7 Å². The molecule has 3 nitrogen and oxygen atoms in total. The fourth-order valence-corrected chi connectivity index (χ4v) is 2.88. The first-order valence-corrected chi connectivity index (χ1v) is 6.90. The van der Waals surface area contributed by atoms with Gasteiger partial charge in [-0.15, -0.1) is 11.3 Å². The van der Waals surface area contributed by atoms with E-state index in [1.54, 1.807) is 24.3 Å². The summed E-state index contributed by atoms with van der Waals surface area (Å²) in [6.45, 7) is 1.51. The van der Waals surface area contributed by atoms with Crippen LogP contribution >= 0.6 is 27.3 Å². The number of thiophene rings is 1. The lowest BCUT2D eigenvalue weighted by Gasteiger charge is -2.04. The van der Waals surface area contributed by atoms with Gasteiger partial charge in [-0.25, -0.2) is 0 Å². The Hall–Kier alpha value is -1.46. The number of amides is 1. The van der Waals surface area contributed by atoms with Crippen LogP contribution in [0.2, 0.25) is 0 Å². The van der Waals surface area contributed by atoms with E-state index in [1.165, 1.54) is 18.3 Å². The van der Waals surface area contributed by atoms with Gasteiger partial charge in [-0.3, -0.25) is 9.59 Å². The second kappa shape index (κ2) is 5.46. The predicted molar refractivity (Wildman–Crippen MR) is 76.4 cm³/mol. The molecule has 2 rings (SSSR count). The van der Waals surface area contributed by atoms with Gasteiger partial charge in [0.25, 0.3) is 5.91 Å². The molecule has 0 bridgehead atoms. The summed E-state index contributed by atoms with van der Waals surface area (Å²) < 4.78 is 0.783. The van der Waals surface area contributed by atoms with E-state index in [1.807, 2.05) is 11.4 Å². The number of halogens is 1. The van der Waals surface area contributed by atoms with Crippen molar-refractivity contribution in [2.45, 2.75) is 6.92 Å². The highest BCUT2D eigenvalue weighted by molar-refractivity contribution is 9.10. The molecule has 2 aromatic rings. The van der Waals surface area contributed by atoms with Gasteiger partial charge in [0, 0.05) is 15.7 Å². The number of nitrogens with one attached hydrogen (secondary N) is 1. The molecule has 0 fully saturated rings. The van der Waals surface area contributed by atoms with E-state index in [0.29, 0.717) is 16.1 Å². The third-order valence-electron chi connectivity index (χ3n) is 2.37. The van der Waals surface area contributed by atoms with Crippen molar-refractivity contribution in [3.05, 3.63) is 50.6 Å². The van der Waals surface area contributed by atoms with Gasteiger partial charge in [-0.05, 0) is 58.6 Å². The lowest BCUT2D eigenvalue weighted by molar-refractivity contribution is 0.101. The van der Waals surface area contributed by atoms with Crippen LogP contribution in [-0.2, 0) is 0 Å². The zero-order valence-corrected chi connectivity index (χ0v) is 12.0. The fraction of sp³-hybridized carbons (Fsp3) is 0.0769. The molecule has 0 aliphatic rings. The van der Waals surface area contributed by atoms with Crippen molar-refractivity contribution in [3.8, 4) is 0 Å². The Kier molecular flexibility index (Phi) is 3.93. The molecule has 1 aromatic carbocycles. The first-order chi connectivity index (χ1) is 8.58. The number of rotatable bonds is 3. The zero-order valence-electron chi connectivity index (χ0n) is 9.57. The molecule has 0 aliphatic heterocycles. The van der Waals surface area contributed by atoms with E-state index in [4.69, 9.17) is 0 Å². The normalized spacial score (nSPS) is 10.1. The van der Waals surface area contributed by atoms with Crippen LogP contribution < -0.4 is 5.32 Å². The molecule has 0 atom stereocenters. The number of carbonyl (C=O) groups is 2. The van der Waals surface area contributed by atoms with E-state index in [-0.39, 0.29) is 11.7 Å². The molecule has 0 radical (unpaired) electrons. The highest BCUT2D eigenvalue weighted by atomic mass is 79.9. The van der Waals surface area contributed by atoms with Crippen molar-refractivity contribution < 1.29 is 9.59 Å². The molecule has 92 valence electrons. The maximum Gasteiger partial charge on any atom is 0.266 e. The monoisotopic (exact) mass is 323 g/mol. The van der Waals surface area contributed by atoms with E-state index >= 15 is 0 Å². The molecular formula is C13H10BrNO2S. The SMILES string of the molecule is CC(=O)c1ccc(NC(=O)c2sccc2Br)cc1. The number of carbonyl (C=O) groups excluding carboxylic acids is 2. The molecule has 1 heterocycles. The Bertz CT molecular complexity index is 589. The van der Waals surface area contributed by atoms with Gasteiger partial charge in [0.05, 0.1) is 0 Å². The first-order valence-electron chi connectivity index (χ1n) is 5.23. The van der Waals surface area contributed by atoms with Crippen molar-refractivity contribution in [3.63, 3.8) is 0 Å². The molecule has 18 heavy (non-hydrogen) atoms. The first kappa shape index (κ1) is 13.0. The van der Waals surface area contributed by atoms with Gasteiger partial charge in [0.2, 0.25) is 0 Å². The summed E-state index contributed by atoms with van der Waals surface area (Å²) in [6.07, 6.45) is 0. The summed E-state index contributed by atoms with van der Waals surface area (Å²) >= 11 is 4.69. The number of Topliss-reactive ketones (excluding diaryl/α,β-unsaturated/α-hetero) is 1. The van der Waals surface area contributed by atoms with Crippen molar-refractivity contribution in [2.75, 3.05) is 5.32 Å². The van der Waals surface area contributed by atoms with Crippen LogP contribution in [0, 0.1) is 0 Å². The Morgan fingerprint density at radius 1 is 1.17 bits per heavy atom. The van der Waals surface area contributed by atoms with Crippen LogP contribution in [0.5, 0.6) is 0 Å². The highest BCUT2D eigenvalue weighted by Gasteiger charge is 2.11. The number of anilines is 1. The van der Waals surface area contributed by atoms with Gasteiger partial charge in [0.15, 0.2) is 5.78 Å².